The first-order valence-electron chi connectivity index (χ1n) is 7.58. The Bertz CT molecular complexity index is 605. The molecule has 0 amide bonds. The van der Waals surface area contributed by atoms with Crippen LogP contribution in [0.1, 0.15) is 31.4 Å². The molecule has 0 aliphatic carbocycles. The van der Waals surface area contributed by atoms with Crippen molar-refractivity contribution in [3.63, 3.8) is 0 Å². The topological polar surface area (TPSA) is 21.3 Å². The Morgan fingerprint density at radius 2 is 1.73 bits per heavy atom. The highest BCUT2D eigenvalue weighted by Crippen LogP contribution is 2.35. The average molecular weight is 427 g/mol. The molecule has 2 nitrogen and oxygen atoms in total. The first-order chi connectivity index (χ1) is 10.7. The fraction of sp³-hybridized carbons (Fsp3) is 0.333. The van der Waals surface area contributed by atoms with E-state index in [2.05, 4.69) is 87.4 Å². The number of benzene rings is 2. The van der Waals surface area contributed by atoms with Gasteiger partial charge in [0.25, 0.3) is 0 Å². The van der Waals surface area contributed by atoms with Crippen molar-refractivity contribution in [3.8, 4) is 5.75 Å². The van der Waals surface area contributed by atoms with Crippen molar-refractivity contribution in [2.24, 2.45) is 0 Å². The van der Waals surface area contributed by atoms with Crippen molar-refractivity contribution in [1.82, 2.24) is 0 Å². The number of ether oxygens (including phenoxy) is 1. The van der Waals surface area contributed by atoms with E-state index in [9.17, 15) is 0 Å². The molecule has 0 heterocycles. The van der Waals surface area contributed by atoms with Crippen LogP contribution in [0.3, 0.4) is 0 Å². The number of halogens is 2. The third kappa shape index (κ3) is 4.50. The lowest BCUT2D eigenvalue weighted by Crippen LogP contribution is -2.03. The molecule has 0 radical (unpaired) electrons. The zero-order valence-corrected chi connectivity index (χ0v) is 16.1. The van der Waals surface area contributed by atoms with E-state index < -0.39 is 0 Å². The maximum absolute atomic E-state index is 5.76. The monoisotopic (exact) mass is 425 g/mol. The van der Waals surface area contributed by atoms with E-state index in [1.807, 2.05) is 0 Å². The van der Waals surface area contributed by atoms with Gasteiger partial charge in [-0.1, -0.05) is 32.0 Å². The van der Waals surface area contributed by atoms with Crippen LogP contribution in [-0.2, 0) is 13.0 Å². The summed E-state index contributed by atoms with van der Waals surface area (Å²) in [4.78, 5) is 0. The standard InChI is InChI=1S/C18H21Br2NO/c1-3-9-22-18-15(19)10-13(11-16(18)20)12-21-17-8-6-5-7-14(17)4-2/h5-8,10-11,21H,3-4,9,12H2,1-2H3. The van der Waals surface area contributed by atoms with Gasteiger partial charge in [0, 0.05) is 12.2 Å². The quantitative estimate of drug-likeness (QED) is 0.571. The summed E-state index contributed by atoms with van der Waals surface area (Å²) in [6.07, 6.45) is 2.02. The molecule has 0 fully saturated rings. The van der Waals surface area contributed by atoms with E-state index in [4.69, 9.17) is 4.74 Å². The summed E-state index contributed by atoms with van der Waals surface area (Å²) in [7, 11) is 0. The van der Waals surface area contributed by atoms with E-state index in [0.717, 1.165) is 40.7 Å². The molecule has 0 unspecified atom stereocenters. The van der Waals surface area contributed by atoms with Crippen LogP contribution in [0, 0.1) is 0 Å². The molecule has 118 valence electrons. The second kappa shape index (κ2) is 8.59. The summed E-state index contributed by atoms with van der Waals surface area (Å²) >= 11 is 7.20. The third-order valence-electron chi connectivity index (χ3n) is 3.39. The first kappa shape index (κ1) is 17.4. The summed E-state index contributed by atoms with van der Waals surface area (Å²) in [6.45, 7) is 5.78. The maximum atomic E-state index is 5.76. The van der Waals surface area contributed by atoms with Gasteiger partial charge < -0.3 is 10.1 Å². The Morgan fingerprint density at radius 1 is 1.05 bits per heavy atom. The Kier molecular flexibility index (Phi) is 6.77. The summed E-state index contributed by atoms with van der Waals surface area (Å²) < 4.78 is 7.72. The van der Waals surface area contributed by atoms with Gasteiger partial charge in [0.1, 0.15) is 5.75 Å². The molecule has 2 aromatic carbocycles. The van der Waals surface area contributed by atoms with E-state index in [1.54, 1.807) is 0 Å². The molecule has 0 saturated heterocycles. The zero-order chi connectivity index (χ0) is 15.9. The third-order valence-corrected chi connectivity index (χ3v) is 4.57. The van der Waals surface area contributed by atoms with Crippen LogP contribution in [0.2, 0.25) is 0 Å². The summed E-state index contributed by atoms with van der Waals surface area (Å²) in [5, 5.41) is 3.52. The smallest absolute Gasteiger partial charge is 0.147 e. The van der Waals surface area contributed by atoms with Crippen molar-refractivity contribution < 1.29 is 4.74 Å². The van der Waals surface area contributed by atoms with Crippen LogP contribution in [0.4, 0.5) is 5.69 Å². The van der Waals surface area contributed by atoms with Crippen molar-refractivity contribution in [2.75, 3.05) is 11.9 Å². The number of aryl methyl sites for hydroxylation is 1. The normalized spacial score (nSPS) is 10.5. The Hall–Kier alpha value is -1.00. The molecular formula is C18H21Br2NO. The SMILES string of the molecule is CCCOc1c(Br)cc(CNc2ccccc2CC)cc1Br. The van der Waals surface area contributed by atoms with Gasteiger partial charge in [0.2, 0.25) is 0 Å². The second-order valence-corrected chi connectivity index (χ2v) is 6.81. The molecule has 2 aromatic rings. The molecule has 22 heavy (non-hydrogen) atoms. The largest absolute Gasteiger partial charge is 0.491 e. The van der Waals surface area contributed by atoms with E-state index >= 15 is 0 Å². The lowest BCUT2D eigenvalue weighted by molar-refractivity contribution is 0.313. The van der Waals surface area contributed by atoms with Crippen LogP contribution in [-0.4, -0.2) is 6.61 Å². The molecule has 0 saturated carbocycles. The van der Waals surface area contributed by atoms with Gasteiger partial charge in [-0.3, -0.25) is 0 Å². The molecule has 0 bridgehead atoms. The number of hydrogen-bond donors (Lipinski definition) is 1. The molecular weight excluding hydrogens is 406 g/mol. The number of rotatable bonds is 7. The van der Waals surface area contributed by atoms with Gasteiger partial charge in [-0.25, -0.2) is 0 Å². The minimum atomic E-state index is 0.721. The van der Waals surface area contributed by atoms with Crippen molar-refractivity contribution in [1.29, 1.82) is 0 Å². The fourth-order valence-electron chi connectivity index (χ4n) is 2.25. The number of anilines is 1. The molecule has 2 rings (SSSR count). The lowest BCUT2D eigenvalue weighted by atomic mass is 10.1. The molecule has 0 aliphatic rings. The van der Waals surface area contributed by atoms with Crippen LogP contribution in [0.15, 0.2) is 45.3 Å². The zero-order valence-electron chi connectivity index (χ0n) is 13.0. The van der Waals surface area contributed by atoms with E-state index in [0.29, 0.717) is 0 Å². The van der Waals surface area contributed by atoms with Crippen LogP contribution in [0.5, 0.6) is 5.75 Å². The molecule has 4 heteroatoms. The highest BCUT2D eigenvalue weighted by molar-refractivity contribution is 9.11. The Morgan fingerprint density at radius 3 is 2.36 bits per heavy atom. The van der Waals surface area contributed by atoms with Gasteiger partial charge in [0.15, 0.2) is 0 Å². The predicted octanol–water partition coefficient (Wildman–Crippen LogP) is 6.17. The number of para-hydroxylation sites is 1. The summed E-state index contributed by atoms with van der Waals surface area (Å²) in [6, 6.07) is 12.7. The highest BCUT2D eigenvalue weighted by atomic mass is 79.9. The van der Waals surface area contributed by atoms with Crippen molar-refractivity contribution in [2.45, 2.75) is 33.2 Å². The van der Waals surface area contributed by atoms with Crippen molar-refractivity contribution >= 4 is 37.5 Å². The van der Waals surface area contributed by atoms with Crippen LogP contribution < -0.4 is 10.1 Å². The fourth-order valence-corrected chi connectivity index (χ4v) is 3.77. The lowest BCUT2D eigenvalue weighted by Gasteiger charge is -2.14. The van der Waals surface area contributed by atoms with Gasteiger partial charge in [-0.15, -0.1) is 0 Å². The Balaban J connectivity index is 2.10. The summed E-state index contributed by atoms with van der Waals surface area (Å²) in [5.74, 6) is 0.875. The Labute approximate surface area is 149 Å². The first-order valence-corrected chi connectivity index (χ1v) is 9.16. The van der Waals surface area contributed by atoms with Gasteiger partial charge in [-0.05, 0) is 74.0 Å². The van der Waals surface area contributed by atoms with Gasteiger partial charge >= 0.3 is 0 Å². The predicted molar refractivity (Wildman–Crippen MR) is 101 cm³/mol. The molecule has 0 atom stereocenters. The highest BCUT2D eigenvalue weighted by Gasteiger charge is 2.09. The minimum Gasteiger partial charge on any atom is -0.491 e. The molecule has 0 aliphatic heterocycles. The molecule has 0 spiro atoms. The van der Waals surface area contributed by atoms with Crippen LogP contribution >= 0.6 is 31.9 Å². The van der Waals surface area contributed by atoms with Crippen molar-refractivity contribution in [3.05, 3.63) is 56.5 Å². The van der Waals surface area contributed by atoms with E-state index in [1.165, 1.54) is 16.8 Å². The summed E-state index contributed by atoms with van der Waals surface area (Å²) in [5.41, 5.74) is 3.74. The average Bonchev–Trinajstić information content (AvgIpc) is 2.52. The van der Waals surface area contributed by atoms with E-state index in [-0.39, 0.29) is 0 Å². The minimum absolute atomic E-state index is 0.721. The molecule has 1 N–H and O–H groups in total. The number of hydrogen-bond acceptors (Lipinski definition) is 2. The van der Waals surface area contributed by atoms with Gasteiger partial charge in [0.05, 0.1) is 15.6 Å². The maximum Gasteiger partial charge on any atom is 0.147 e. The van der Waals surface area contributed by atoms with Gasteiger partial charge in [-0.2, -0.15) is 0 Å². The number of nitrogens with one attached hydrogen (secondary N) is 1. The molecule has 0 aromatic heterocycles. The second-order valence-electron chi connectivity index (χ2n) is 5.10. The van der Waals surface area contributed by atoms with Crippen LogP contribution in [0.25, 0.3) is 0 Å².